The third-order valence-electron chi connectivity index (χ3n) is 5.24. The van der Waals surface area contributed by atoms with E-state index < -0.39 is 0 Å². The van der Waals surface area contributed by atoms with Crippen molar-refractivity contribution in [1.82, 2.24) is 10.2 Å². The molecule has 2 amide bonds. The third-order valence-corrected chi connectivity index (χ3v) is 6.10. The molecule has 28 heavy (non-hydrogen) atoms. The van der Waals surface area contributed by atoms with Gasteiger partial charge in [-0.25, -0.2) is 0 Å². The number of carbonyl (C=O) groups excluding carboxylic acids is 3. The number of hydrogen-bond acceptors (Lipinski definition) is 4. The summed E-state index contributed by atoms with van der Waals surface area (Å²) in [5.74, 6) is 0.0567. The number of Topliss-reactive ketones (excluding diaryl/α,β-unsaturated/α-hetero) is 1. The van der Waals surface area contributed by atoms with E-state index in [4.69, 9.17) is 0 Å². The number of aryl methyl sites for hydroxylation is 2. The number of piperidine rings is 1. The molecule has 0 aliphatic carbocycles. The predicted octanol–water partition coefficient (Wildman–Crippen LogP) is 3.61. The molecule has 0 atom stereocenters. The SMILES string of the molecule is Cc1ccc(C(=O)C2CCN(C(=O)CCNC(=O)c3cccs3)CC2)c(C)c1. The summed E-state index contributed by atoms with van der Waals surface area (Å²) in [5.41, 5.74) is 2.97. The van der Waals surface area contributed by atoms with Crippen molar-refractivity contribution >= 4 is 28.9 Å². The first-order chi connectivity index (χ1) is 13.5. The van der Waals surface area contributed by atoms with Crippen molar-refractivity contribution in [3.8, 4) is 0 Å². The van der Waals surface area contributed by atoms with Gasteiger partial charge in [-0.1, -0.05) is 29.8 Å². The predicted molar refractivity (Wildman–Crippen MR) is 111 cm³/mol. The second-order valence-corrected chi connectivity index (χ2v) is 8.27. The number of amides is 2. The van der Waals surface area contributed by atoms with Crippen LogP contribution in [0.25, 0.3) is 0 Å². The first-order valence-corrected chi connectivity index (χ1v) is 10.5. The fourth-order valence-corrected chi connectivity index (χ4v) is 4.28. The molecule has 0 spiro atoms. The Balaban J connectivity index is 1.44. The molecule has 0 unspecified atom stereocenters. The summed E-state index contributed by atoms with van der Waals surface area (Å²) < 4.78 is 0. The van der Waals surface area contributed by atoms with E-state index in [-0.39, 0.29) is 29.9 Å². The van der Waals surface area contributed by atoms with Crippen LogP contribution in [0.5, 0.6) is 0 Å². The van der Waals surface area contributed by atoms with E-state index in [2.05, 4.69) is 5.32 Å². The van der Waals surface area contributed by atoms with Gasteiger partial charge < -0.3 is 10.2 Å². The smallest absolute Gasteiger partial charge is 0.261 e. The summed E-state index contributed by atoms with van der Waals surface area (Å²) >= 11 is 1.38. The average Bonchev–Trinajstić information content (AvgIpc) is 3.22. The van der Waals surface area contributed by atoms with Crippen molar-refractivity contribution in [2.75, 3.05) is 19.6 Å². The largest absolute Gasteiger partial charge is 0.351 e. The number of carbonyl (C=O) groups is 3. The topological polar surface area (TPSA) is 66.5 Å². The van der Waals surface area contributed by atoms with E-state index in [9.17, 15) is 14.4 Å². The normalized spacial score (nSPS) is 14.7. The fourth-order valence-electron chi connectivity index (χ4n) is 3.64. The van der Waals surface area contributed by atoms with Gasteiger partial charge in [-0.15, -0.1) is 11.3 Å². The molecule has 6 heteroatoms. The van der Waals surface area contributed by atoms with Crippen LogP contribution in [0.4, 0.5) is 0 Å². The maximum absolute atomic E-state index is 12.8. The van der Waals surface area contributed by atoms with Crippen molar-refractivity contribution in [2.45, 2.75) is 33.1 Å². The van der Waals surface area contributed by atoms with Gasteiger partial charge >= 0.3 is 0 Å². The van der Waals surface area contributed by atoms with Gasteiger partial charge in [-0.3, -0.25) is 14.4 Å². The van der Waals surface area contributed by atoms with Crippen LogP contribution in [0.2, 0.25) is 0 Å². The summed E-state index contributed by atoms with van der Waals surface area (Å²) in [6.45, 7) is 5.52. The molecule has 1 aromatic carbocycles. The van der Waals surface area contributed by atoms with E-state index >= 15 is 0 Å². The molecular weight excluding hydrogens is 372 g/mol. The number of thiophene rings is 1. The summed E-state index contributed by atoms with van der Waals surface area (Å²) in [6.07, 6.45) is 1.67. The van der Waals surface area contributed by atoms with Crippen LogP contribution in [-0.2, 0) is 4.79 Å². The molecule has 0 radical (unpaired) electrons. The molecule has 2 aromatic rings. The number of ketones is 1. The zero-order valence-electron chi connectivity index (χ0n) is 16.4. The number of hydrogen-bond donors (Lipinski definition) is 1. The minimum atomic E-state index is -0.138. The van der Waals surface area contributed by atoms with E-state index in [1.807, 2.05) is 48.4 Å². The zero-order valence-corrected chi connectivity index (χ0v) is 17.2. The molecule has 148 valence electrons. The molecule has 1 fully saturated rings. The van der Waals surface area contributed by atoms with Crippen molar-refractivity contribution in [1.29, 1.82) is 0 Å². The van der Waals surface area contributed by atoms with Crippen LogP contribution in [-0.4, -0.2) is 42.1 Å². The van der Waals surface area contributed by atoms with E-state index in [1.165, 1.54) is 11.3 Å². The lowest BCUT2D eigenvalue weighted by molar-refractivity contribution is -0.132. The van der Waals surface area contributed by atoms with Gasteiger partial charge in [0.25, 0.3) is 5.91 Å². The Morgan fingerprint density at radius 2 is 1.89 bits per heavy atom. The Morgan fingerprint density at radius 3 is 2.54 bits per heavy atom. The van der Waals surface area contributed by atoms with Crippen molar-refractivity contribution in [3.05, 3.63) is 57.3 Å². The van der Waals surface area contributed by atoms with Crippen molar-refractivity contribution in [2.24, 2.45) is 5.92 Å². The number of likely N-dealkylation sites (tertiary alicyclic amines) is 1. The van der Waals surface area contributed by atoms with Crippen molar-refractivity contribution in [3.63, 3.8) is 0 Å². The van der Waals surface area contributed by atoms with Crippen LogP contribution >= 0.6 is 11.3 Å². The maximum atomic E-state index is 12.8. The van der Waals surface area contributed by atoms with Crippen LogP contribution in [0.15, 0.2) is 35.7 Å². The summed E-state index contributed by atoms with van der Waals surface area (Å²) in [7, 11) is 0. The van der Waals surface area contributed by atoms with Gasteiger partial charge in [0, 0.05) is 37.5 Å². The molecular formula is C22H26N2O3S. The maximum Gasteiger partial charge on any atom is 0.261 e. The Hall–Kier alpha value is -2.47. The highest BCUT2D eigenvalue weighted by molar-refractivity contribution is 7.12. The van der Waals surface area contributed by atoms with Gasteiger partial charge in [0.1, 0.15) is 0 Å². The Morgan fingerprint density at radius 1 is 1.14 bits per heavy atom. The lowest BCUT2D eigenvalue weighted by Crippen LogP contribution is -2.41. The molecule has 1 aliphatic rings. The summed E-state index contributed by atoms with van der Waals surface area (Å²) in [6, 6.07) is 9.52. The number of nitrogens with zero attached hydrogens (tertiary/aromatic N) is 1. The molecule has 1 aliphatic heterocycles. The second kappa shape index (κ2) is 9.15. The molecule has 1 aromatic heterocycles. The monoisotopic (exact) mass is 398 g/mol. The molecule has 0 saturated carbocycles. The molecule has 1 N–H and O–H groups in total. The minimum absolute atomic E-state index is 0.0241. The molecule has 0 bridgehead atoms. The molecule has 1 saturated heterocycles. The Bertz CT molecular complexity index is 853. The van der Waals surface area contributed by atoms with E-state index in [1.54, 1.807) is 6.07 Å². The standard InChI is InChI=1S/C22H26N2O3S/c1-15-5-6-18(16(2)14-15)21(26)17-8-11-24(12-9-17)20(25)7-10-23-22(27)19-4-3-13-28-19/h3-6,13-14,17H,7-12H2,1-2H3,(H,23,27). The fraction of sp³-hybridized carbons (Fsp3) is 0.409. The van der Waals surface area contributed by atoms with Crippen LogP contribution in [0, 0.1) is 19.8 Å². The molecule has 3 rings (SSSR count). The van der Waals surface area contributed by atoms with Gasteiger partial charge in [0.15, 0.2) is 5.78 Å². The van der Waals surface area contributed by atoms with Crippen LogP contribution in [0.1, 0.15) is 50.4 Å². The number of nitrogens with one attached hydrogen (secondary N) is 1. The van der Waals surface area contributed by atoms with E-state index in [0.717, 1.165) is 16.7 Å². The molecule has 5 nitrogen and oxygen atoms in total. The van der Waals surface area contributed by atoms with Crippen LogP contribution in [0.3, 0.4) is 0 Å². The summed E-state index contributed by atoms with van der Waals surface area (Å²) in [4.78, 5) is 39.6. The van der Waals surface area contributed by atoms with Gasteiger partial charge in [0.2, 0.25) is 5.91 Å². The van der Waals surface area contributed by atoms with Gasteiger partial charge in [-0.05, 0) is 43.7 Å². The van der Waals surface area contributed by atoms with Crippen LogP contribution < -0.4 is 5.32 Å². The number of rotatable bonds is 6. The minimum Gasteiger partial charge on any atom is -0.351 e. The van der Waals surface area contributed by atoms with Gasteiger partial charge in [0.05, 0.1) is 4.88 Å². The highest BCUT2D eigenvalue weighted by atomic mass is 32.1. The quantitative estimate of drug-likeness (QED) is 0.756. The summed E-state index contributed by atoms with van der Waals surface area (Å²) in [5, 5.41) is 4.63. The van der Waals surface area contributed by atoms with Gasteiger partial charge in [-0.2, -0.15) is 0 Å². The lowest BCUT2D eigenvalue weighted by Gasteiger charge is -2.31. The second-order valence-electron chi connectivity index (χ2n) is 7.32. The number of benzene rings is 1. The first-order valence-electron chi connectivity index (χ1n) is 9.66. The molecule has 2 heterocycles. The Kier molecular flexibility index (Phi) is 6.62. The van der Waals surface area contributed by atoms with Crippen molar-refractivity contribution < 1.29 is 14.4 Å². The third kappa shape index (κ3) is 4.87. The highest BCUT2D eigenvalue weighted by Gasteiger charge is 2.28. The average molecular weight is 399 g/mol. The highest BCUT2D eigenvalue weighted by Crippen LogP contribution is 2.24. The lowest BCUT2D eigenvalue weighted by atomic mass is 9.87. The first kappa shape index (κ1) is 20.3. The zero-order chi connectivity index (χ0) is 20.1. The van der Waals surface area contributed by atoms with E-state index in [0.29, 0.717) is 37.4 Å². The Labute approximate surface area is 169 Å².